The van der Waals surface area contributed by atoms with Gasteiger partial charge in [-0.15, -0.1) is 11.6 Å². The fourth-order valence-corrected chi connectivity index (χ4v) is 2.81. The molecule has 1 aromatic rings. The molecule has 4 heteroatoms. The molecule has 0 aliphatic heterocycles. The molecule has 1 saturated carbocycles. The molecule has 2 rings (SSSR count). The molecule has 1 N–H and O–H groups in total. The van der Waals surface area contributed by atoms with E-state index in [1.165, 1.54) is 0 Å². The molecule has 1 aromatic carbocycles. The van der Waals surface area contributed by atoms with Crippen molar-refractivity contribution in [3.8, 4) is 5.75 Å². The summed E-state index contributed by atoms with van der Waals surface area (Å²) in [6.45, 7) is 2.65. The summed E-state index contributed by atoms with van der Waals surface area (Å²) in [6.07, 6.45) is 2.31. The second-order valence-electron chi connectivity index (χ2n) is 4.44. The fraction of sp³-hybridized carbons (Fsp3) is 0.538. The highest BCUT2D eigenvalue weighted by Crippen LogP contribution is 2.30. The van der Waals surface area contributed by atoms with Crippen LogP contribution >= 0.6 is 27.5 Å². The van der Waals surface area contributed by atoms with Crippen molar-refractivity contribution in [3.63, 3.8) is 0 Å². The molecule has 0 amide bonds. The van der Waals surface area contributed by atoms with Crippen LogP contribution in [0.1, 0.15) is 12.8 Å². The Labute approximate surface area is 116 Å². The minimum atomic E-state index is 0.416. The zero-order valence-electron chi connectivity index (χ0n) is 9.66. The van der Waals surface area contributed by atoms with Crippen molar-refractivity contribution in [1.29, 1.82) is 0 Å². The summed E-state index contributed by atoms with van der Waals surface area (Å²) in [5.74, 6) is 1.68. The van der Waals surface area contributed by atoms with E-state index in [1.807, 2.05) is 24.3 Å². The van der Waals surface area contributed by atoms with Crippen LogP contribution in [-0.2, 0) is 0 Å². The second-order valence-corrected chi connectivity index (χ2v) is 5.98. The first-order valence-electron chi connectivity index (χ1n) is 5.97. The van der Waals surface area contributed by atoms with Gasteiger partial charge in [0.05, 0.1) is 0 Å². The van der Waals surface area contributed by atoms with Gasteiger partial charge in [0.2, 0.25) is 0 Å². The maximum absolute atomic E-state index is 5.92. The molecule has 17 heavy (non-hydrogen) atoms. The molecule has 0 heterocycles. The minimum absolute atomic E-state index is 0.416. The van der Waals surface area contributed by atoms with Crippen LogP contribution in [0.5, 0.6) is 5.75 Å². The van der Waals surface area contributed by atoms with E-state index in [-0.39, 0.29) is 0 Å². The van der Waals surface area contributed by atoms with E-state index in [1.54, 1.807) is 0 Å². The van der Waals surface area contributed by atoms with E-state index in [0.29, 0.717) is 12.0 Å². The third-order valence-corrected chi connectivity index (χ3v) is 3.80. The van der Waals surface area contributed by atoms with Crippen molar-refractivity contribution in [2.75, 3.05) is 19.7 Å². The van der Waals surface area contributed by atoms with Gasteiger partial charge in [0.15, 0.2) is 0 Å². The third kappa shape index (κ3) is 4.49. The van der Waals surface area contributed by atoms with Crippen LogP contribution in [0, 0.1) is 5.92 Å². The summed E-state index contributed by atoms with van der Waals surface area (Å²) >= 11 is 9.34. The van der Waals surface area contributed by atoms with Gasteiger partial charge in [0.25, 0.3) is 0 Å². The Hall–Kier alpha value is -0.250. The topological polar surface area (TPSA) is 21.3 Å². The van der Waals surface area contributed by atoms with Gasteiger partial charge in [-0.05, 0) is 43.5 Å². The average molecular weight is 319 g/mol. The first-order valence-corrected chi connectivity index (χ1v) is 7.20. The molecule has 2 nitrogen and oxygen atoms in total. The van der Waals surface area contributed by atoms with E-state index in [2.05, 4.69) is 21.2 Å². The van der Waals surface area contributed by atoms with E-state index >= 15 is 0 Å². The van der Waals surface area contributed by atoms with Gasteiger partial charge in [-0.2, -0.15) is 0 Å². The number of hydrogen-bond acceptors (Lipinski definition) is 2. The largest absolute Gasteiger partial charge is 0.492 e. The Kier molecular flexibility index (Phi) is 5.14. The zero-order valence-corrected chi connectivity index (χ0v) is 12.0. The van der Waals surface area contributed by atoms with E-state index < -0.39 is 0 Å². The molecule has 1 aliphatic rings. The van der Waals surface area contributed by atoms with Gasteiger partial charge in [0.1, 0.15) is 12.4 Å². The lowest BCUT2D eigenvalue weighted by molar-refractivity contribution is 0.279. The summed E-state index contributed by atoms with van der Waals surface area (Å²) in [5, 5.41) is 3.81. The summed E-state index contributed by atoms with van der Waals surface area (Å²) < 4.78 is 6.67. The van der Waals surface area contributed by atoms with Crippen molar-refractivity contribution >= 4 is 27.5 Å². The average Bonchev–Trinajstić information content (AvgIpc) is 2.26. The summed E-state index contributed by atoms with van der Waals surface area (Å²) in [6, 6.07) is 7.91. The molecule has 1 fully saturated rings. The number of rotatable bonds is 6. The molecule has 0 unspecified atom stereocenters. The van der Waals surface area contributed by atoms with Crippen LogP contribution in [0.15, 0.2) is 28.7 Å². The second kappa shape index (κ2) is 6.62. The summed E-state index contributed by atoms with van der Waals surface area (Å²) in [5.41, 5.74) is 0. The summed E-state index contributed by atoms with van der Waals surface area (Å²) in [4.78, 5) is 0. The Morgan fingerprint density at radius 2 is 2.24 bits per heavy atom. The molecule has 0 bridgehead atoms. The lowest BCUT2D eigenvalue weighted by Crippen LogP contribution is -2.35. The van der Waals surface area contributed by atoms with Gasteiger partial charge < -0.3 is 10.1 Å². The Morgan fingerprint density at radius 3 is 2.94 bits per heavy atom. The molecule has 1 aliphatic carbocycles. The fourth-order valence-electron chi connectivity index (χ4n) is 1.93. The zero-order chi connectivity index (χ0) is 12.1. The van der Waals surface area contributed by atoms with Crippen LogP contribution in [0.25, 0.3) is 0 Å². The van der Waals surface area contributed by atoms with Gasteiger partial charge in [-0.3, -0.25) is 0 Å². The standard InChI is InChI=1S/C13H17BrClNO/c14-11-2-1-3-13(8-11)17-5-4-16-9-10-6-12(15)7-10/h1-3,8,10,12,16H,4-7,9H2. The van der Waals surface area contributed by atoms with Crippen LogP contribution in [0.3, 0.4) is 0 Å². The molecule has 0 atom stereocenters. The maximum atomic E-state index is 5.92. The van der Waals surface area contributed by atoms with Gasteiger partial charge in [-0.25, -0.2) is 0 Å². The highest BCUT2D eigenvalue weighted by atomic mass is 79.9. The molecular weight excluding hydrogens is 302 g/mol. The van der Waals surface area contributed by atoms with Crippen LogP contribution in [0.4, 0.5) is 0 Å². The van der Waals surface area contributed by atoms with E-state index in [4.69, 9.17) is 16.3 Å². The van der Waals surface area contributed by atoms with Crippen molar-refractivity contribution in [1.82, 2.24) is 5.32 Å². The smallest absolute Gasteiger partial charge is 0.120 e. The Bertz CT molecular complexity index is 355. The Morgan fingerprint density at radius 1 is 1.41 bits per heavy atom. The molecule has 0 spiro atoms. The van der Waals surface area contributed by atoms with Gasteiger partial charge in [0, 0.05) is 16.4 Å². The molecule has 0 aromatic heterocycles. The maximum Gasteiger partial charge on any atom is 0.120 e. The van der Waals surface area contributed by atoms with Crippen molar-refractivity contribution in [2.24, 2.45) is 5.92 Å². The molecule has 0 radical (unpaired) electrons. The number of hydrogen-bond donors (Lipinski definition) is 1. The normalized spacial score (nSPS) is 23.2. The predicted octanol–water partition coefficient (Wildman–Crippen LogP) is 3.43. The van der Waals surface area contributed by atoms with Crippen LogP contribution in [-0.4, -0.2) is 25.1 Å². The highest BCUT2D eigenvalue weighted by Gasteiger charge is 2.26. The lowest BCUT2D eigenvalue weighted by Gasteiger charge is -2.30. The van der Waals surface area contributed by atoms with Crippen molar-refractivity contribution in [3.05, 3.63) is 28.7 Å². The third-order valence-electron chi connectivity index (χ3n) is 2.95. The van der Waals surface area contributed by atoms with Gasteiger partial charge >= 0.3 is 0 Å². The van der Waals surface area contributed by atoms with Crippen LogP contribution in [0.2, 0.25) is 0 Å². The monoisotopic (exact) mass is 317 g/mol. The van der Waals surface area contributed by atoms with Crippen molar-refractivity contribution in [2.45, 2.75) is 18.2 Å². The van der Waals surface area contributed by atoms with Crippen LogP contribution < -0.4 is 10.1 Å². The quantitative estimate of drug-likeness (QED) is 0.641. The minimum Gasteiger partial charge on any atom is -0.492 e. The number of nitrogens with one attached hydrogen (secondary N) is 1. The first kappa shape index (κ1) is 13.2. The number of halogens is 2. The molecule has 94 valence electrons. The molecular formula is C13H17BrClNO. The first-order chi connectivity index (χ1) is 8.24. The Balaban J connectivity index is 1.54. The van der Waals surface area contributed by atoms with Gasteiger partial charge in [-0.1, -0.05) is 22.0 Å². The predicted molar refractivity (Wildman–Crippen MR) is 74.9 cm³/mol. The lowest BCUT2D eigenvalue weighted by atomic mass is 9.85. The number of benzene rings is 1. The number of alkyl halides is 1. The van der Waals surface area contributed by atoms with E-state index in [0.717, 1.165) is 42.1 Å². The SMILES string of the molecule is ClC1CC(CNCCOc2cccc(Br)c2)C1. The van der Waals surface area contributed by atoms with E-state index in [9.17, 15) is 0 Å². The highest BCUT2D eigenvalue weighted by molar-refractivity contribution is 9.10. The number of ether oxygens (including phenoxy) is 1. The molecule has 0 saturated heterocycles. The van der Waals surface area contributed by atoms with Crippen molar-refractivity contribution < 1.29 is 4.74 Å². The summed E-state index contributed by atoms with van der Waals surface area (Å²) in [7, 11) is 0.